The van der Waals surface area contributed by atoms with Crippen molar-refractivity contribution < 1.29 is 19.4 Å². The highest BCUT2D eigenvalue weighted by atomic mass is 16.6. The van der Waals surface area contributed by atoms with Crippen LogP contribution in [0.5, 0.6) is 0 Å². The van der Waals surface area contributed by atoms with Gasteiger partial charge in [0.1, 0.15) is 5.60 Å². The molecule has 1 aliphatic carbocycles. The number of rotatable bonds is 9. The van der Waals surface area contributed by atoms with E-state index in [1.54, 1.807) is 0 Å². The zero-order valence-electron chi connectivity index (χ0n) is 14.4. The van der Waals surface area contributed by atoms with Crippen molar-refractivity contribution in [1.82, 2.24) is 0 Å². The fraction of sp³-hybridized carbons (Fsp3) is 0.889. The Morgan fingerprint density at radius 1 is 1.00 bits per heavy atom. The Morgan fingerprint density at radius 3 is 2.09 bits per heavy atom. The molecule has 4 nitrogen and oxygen atoms in total. The molecule has 0 aliphatic heterocycles. The minimum absolute atomic E-state index is 0.116. The minimum Gasteiger partial charge on any atom is -0.481 e. The van der Waals surface area contributed by atoms with Gasteiger partial charge in [0, 0.05) is 0 Å². The topological polar surface area (TPSA) is 63.6 Å². The minimum atomic E-state index is -0.737. The number of unbranched alkanes of at least 4 members (excludes halogenated alkanes) is 4. The van der Waals surface area contributed by atoms with E-state index in [1.807, 2.05) is 13.8 Å². The molecule has 1 aliphatic rings. The predicted octanol–water partition coefficient (Wildman–Crippen LogP) is 4.56. The second-order valence-corrected chi connectivity index (χ2v) is 7.23. The zero-order chi connectivity index (χ0) is 16.6. The SMILES string of the molecule is CCCCCCCC(C)(C)OC(=O)C1CCC(C(=O)O)CC1. The fourth-order valence-corrected chi connectivity index (χ4v) is 3.14. The molecule has 1 fully saturated rings. The highest BCUT2D eigenvalue weighted by molar-refractivity contribution is 5.74. The molecule has 0 aromatic rings. The molecule has 0 radical (unpaired) electrons. The molecule has 0 unspecified atom stereocenters. The molecule has 1 N–H and O–H groups in total. The molecule has 1 rings (SSSR count). The van der Waals surface area contributed by atoms with E-state index < -0.39 is 11.6 Å². The van der Waals surface area contributed by atoms with Crippen molar-refractivity contribution in [2.24, 2.45) is 11.8 Å². The van der Waals surface area contributed by atoms with Crippen molar-refractivity contribution in [3.63, 3.8) is 0 Å². The lowest BCUT2D eigenvalue weighted by Crippen LogP contribution is -2.34. The first-order valence-electron chi connectivity index (χ1n) is 8.81. The first kappa shape index (κ1) is 19.0. The van der Waals surface area contributed by atoms with E-state index in [0.29, 0.717) is 25.7 Å². The Kier molecular flexibility index (Phi) is 7.91. The average molecular weight is 312 g/mol. The summed E-state index contributed by atoms with van der Waals surface area (Å²) in [5, 5.41) is 8.99. The van der Waals surface area contributed by atoms with Gasteiger partial charge in [-0.1, -0.05) is 32.6 Å². The van der Waals surface area contributed by atoms with Gasteiger partial charge in [0.05, 0.1) is 11.8 Å². The summed E-state index contributed by atoms with van der Waals surface area (Å²) >= 11 is 0. The van der Waals surface area contributed by atoms with Gasteiger partial charge in [0.15, 0.2) is 0 Å². The summed E-state index contributed by atoms with van der Waals surface area (Å²) in [6.45, 7) is 6.16. The van der Waals surface area contributed by atoms with Crippen LogP contribution in [0.15, 0.2) is 0 Å². The standard InChI is InChI=1S/C18H32O4/c1-4-5-6-7-8-13-18(2,3)22-17(21)15-11-9-14(10-12-15)16(19)20/h14-15H,4-13H2,1-3H3,(H,19,20). The number of hydrogen-bond acceptors (Lipinski definition) is 3. The second-order valence-electron chi connectivity index (χ2n) is 7.23. The maximum absolute atomic E-state index is 12.3. The molecule has 4 heteroatoms. The first-order chi connectivity index (χ1) is 10.4. The highest BCUT2D eigenvalue weighted by Crippen LogP contribution is 2.31. The molecule has 0 atom stereocenters. The number of carbonyl (C=O) groups excluding carboxylic acids is 1. The zero-order valence-corrected chi connectivity index (χ0v) is 14.4. The van der Waals surface area contributed by atoms with E-state index >= 15 is 0 Å². The molecule has 128 valence electrons. The largest absolute Gasteiger partial charge is 0.481 e. The van der Waals surface area contributed by atoms with Crippen LogP contribution in [-0.2, 0) is 14.3 Å². The predicted molar refractivity (Wildman–Crippen MR) is 86.6 cm³/mol. The van der Waals surface area contributed by atoms with Gasteiger partial charge in [-0.25, -0.2) is 0 Å². The molecule has 0 bridgehead atoms. The van der Waals surface area contributed by atoms with Crippen LogP contribution in [0.1, 0.15) is 85.0 Å². The molecule has 0 aromatic heterocycles. The van der Waals surface area contributed by atoms with E-state index in [9.17, 15) is 9.59 Å². The van der Waals surface area contributed by atoms with Crippen molar-refractivity contribution in [3.05, 3.63) is 0 Å². The summed E-state index contributed by atoms with van der Waals surface area (Å²) in [6.07, 6.45) is 9.39. The smallest absolute Gasteiger partial charge is 0.309 e. The summed E-state index contributed by atoms with van der Waals surface area (Å²) in [5.74, 6) is -1.27. The van der Waals surface area contributed by atoms with Crippen LogP contribution in [0, 0.1) is 11.8 Å². The van der Waals surface area contributed by atoms with E-state index in [-0.39, 0.29) is 17.8 Å². The molecular weight excluding hydrogens is 280 g/mol. The van der Waals surface area contributed by atoms with Gasteiger partial charge in [-0.05, 0) is 52.4 Å². The van der Waals surface area contributed by atoms with Crippen LogP contribution in [0.4, 0.5) is 0 Å². The van der Waals surface area contributed by atoms with Crippen LogP contribution < -0.4 is 0 Å². The Balaban J connectivity index is 2.29. The quantitative estimate of drug-likeness (QED) is 0.501. The lowest BCUT2D eigenvalue weighted by molar-refractivity contribution is -0.165. The number of hydrogen-bond donors (Lipinski definition) is 1. The van der Waals surface area contributed by atoms with E-state index in [4.69, 9.17) is 9.84 Å². The van der Waals surface area contributed by atoms with Crippen molar-refractivity contribution in [1.29, 1.82) is 0 Å². The van der Waals surface area contributed by atoms with Gasteiger partial charge in [-0.2, -0.15) is 0 Å². The normalized spacial score (nSPS) is 22.3. The molecule has 1 saturated carbocycles. The third-order valence-electron chi connectivity index (χ3n) is 4.67. The molecule has 0 saturated heterocycles. The third-order valence-corrected chi connectivity index (χ3v) is 4.67. The lowest BCUT2D eigenvalue weighted by atomic mass is 9.82. The number of carboxylic acids is 1. The summed E-state index contributed by atoms with van der Waals surface area (Å²) in [7, 11) is 0. The van der Waals surface area contributed by atoms with Crippen LogP contribution in [0.2, 0.25) is 0 Å². The monoisotopic (exact) mass is 312 g/mol. The molecule has 0 spiro atoms. The number of aliphatic carboxylic acids is 1. The van der Waals surface area contributed by atoms with E-state index in [0.717, 1.165) is 12.8 Å². The van der Waals surface area contributed by atoms with Gasteiger partial charge in [-0.3, -0.25) is 9.59 Å². The molecule has 0 amide bonds. The Hall–Kier alpha value is -1.06. The average Bonchev–Trinajstić information content (AvgIpc) is 2.46. The van der Waals surface area contributed by atoms with Gasteiger partial charge in [0.2, 0.25) is 0 Å². The fourth-order valence-electron chi connectivity index (χ4n) is 3.14. The van der Waals surface area contributed by atoms with Gasteiger partial charge in [-0.15, -0.1) is 0 Å². The van der Waals surface area contributed by atoms with Crippen molar-refractivity contribution >= 4 is 11.9 Å². The van der Waals surface area contributed by atoms with Crippen molar-refractivity contribution in [2.75, 3.05) is 0 Å². The third kappa shape index (κ3) is 6.80. The molecule has 0 heterocycles. The van der Waals surface area contributed by atoms with Crippen LogP contribution in [0.3, 0.4) is 0 Å². The van der Waals surface area contributed by atoms with E-state index in [1.165, 1.54) is 25.7 Å². The maximum Gasteiger partial charge on any atom is 0.309 e. The van der Waals surface area contributed by atoms with Crippen LogP contribution in [-0.4, -0.2) is 22.6 Å². The Labute approximate surface area is 134 Å². The number of carbonyl (C=O) groups is 2. The Morgan fingerprint density at radius 2 is 1.55 bits per heavy atom. The van der Waals surface area contributed by atoms with Crippen molar-refractivity contribution in [3.8, 4) is 0 Å². The first-order valence-corrected chi connectivity index (χ1v) is 8.81. The lowest BCUT2D eigenvalue weighted by Gasteiger charge is -2.30. The molecule has 0 aromatic carbocycles. The van der Waals surface area contributed by atoms with E-state index in [2.05, 4.69) is 6.92 Å². The number of carboxylic acid groups (broad SMARTS) is 1. The summed E-state index contributed by atoms with van der Waals surface area (Å²) < 4.78 is 5.69. The van der Waals surface area contributed by atoms with Gasteiger partial charge >= 0.3 is 11.9 Å². The molecule has 22 heavy (non-hydrogen) atoms. The number of esters is 1. The van der Waals surface area contributed by atoms with Crippen molar-refractivity contribution in [2.45, 2.75) is 90.6 Å². The Bertz CT molecular complexity index is 354. The summed E-state index contributed by atoms with van der Waals surface area (Å²) in [6, 6.07) is 0. The molecular formula is C18H32O4. The maximum atomic E-state index is 12.3. The highest BCUT2D eigenvalue weighted by Gasteiger charge is 2.33. The van der Waals surface area contributed by atoms with Gasteiger partial charge in [0.25, 0.3) is 0 Å². The summed E-state index contributed by atoms with van der Waals surface area (Å²) in [5.41, 5.74) is -0.410. The number of ether oxygens (including phenoxy) is 1. The van der Waals surface area contributed by atoms with Crippen LogP contribution >= 0.6 is 0 Å². The van der Waals surface area contributed by atoms with Gasteiger partial charge < -0.3 is 9.84 Å². The van der Waals surface area contributed by atoms with Crippen LogP contribution in [0.25, 0.3) is 0 Å². The second kappa shape index (κ2) is 9.16. The summed E-state index contributed by atoms with van der Waals surface area (Å²) in [4.78, 5) is 23.2.